The Morgan fingerprint density at radius 2 is 2.33 bits per heavy atom. The van der Waals surface area contributed by atoms with Gasteiger partial charge < -0.3 is 20.3 Å². The highest BCUT2D eigenvalue weighted by molar-refractivity contribution is 14.0. The maximum Gasteiger partial charge on any atom is 0.228 e. The molecule has 1 aromatic rings. The van der Waals surface area contributed by atoms with Gasteiger partial charge in [0.1, 0.15) is 0 Å². The van der Waals surface area contributed by atoms with Gasteiger partial charge in [-0.25, -0.2) is 0 Å². The van der Waals surface area contributed by atoms with Crippen LogP contribution in [0.3, 0.4) is 0 Å². The summed E-state index contributed by atoms with van der Waals surface area (Å²) in [4.78, 5) is 8.56. The van der Waals surface area contributed by atoms with Crippen molar-refractivity contribution in [3.63, 3.8) is 0 Å². The van der Waals surface area contributed by atoms with Crippen LogP contribution >= 0.6 is 24.0 Å². The predicted molar refractivity (Wildman–Crippen MR) is 91.0 cm³/mol. The van der Waals surface area contributed by atoms with Crippen LogP contribution < -0.4 is 11.1 Å². The molecule has 8 heteroatoms. The Kier molecular flexibility index (Phi) is 7.94. The van der Waals surface area contributed by atoms with Crippen LogP contribution in [0.5, 0.6) is 0 Å². The molecule has 1 aromatic heterocycles. The van der Waals surface area contributed by atoms with Crippen LogP contribution in [0, 0.1) is 0 Å². The zero-order valence-corrected chi connectivity index (χ0v) is 14.9. The predicted octanol–water partition coefficient (Wildman–Crippen LogP) is 1.44. The third-order valence-corrected chi connectivity index (χ3v) is 3.13. The lowest BCUT2D eigenvalue weighted by atomic mass is 10.2. The molecule has 1 atom stereocenters. The topological polar surface area (TPSA) is 98.6 Å². The average molecular weight is 409 g/mol. The van der Waals surface area contributed by atoms with Crippen molar-refractivity contribution in [3.8, 4) is 0 Å². The molecule has 0 bridgehead atoms. The number of aliphatic imine (C=N–C) groups is 1. The van der Waals surface area contributed by atoms with Crippen molar-refractivity contribution in [2.75, 3.05) is 19.7 Å². The molecule has 1 fully saturated rings. The van der Waals surface area contributed by atoms with Crippen molar-refractivity contribution in [1.82, 2.24) is 15.5 Å². The van der Waals surface area contributed by atoms with Crippen molar-refractivity contribution >= 4 is 29.9 Å². The van der Waals surface area contributed by atoms with E-state index in [1.54, 1.807) is 0 Å². The molecule has 3 N–H and O–H groups in total. The monoisotopic (exact) mass is 409 g/mol. The first-order valence-corrected chi connectivity index (χ1v) is 7.13. The molecule has 0 radical (unpaired) electrons. The average Bonchev–Trinajstić information content (AvgIpc) is 3.07. The van der Waals surface area contributed by atoms with Crippen molar-refractivity contribution in [3.05, 3.63) is 11.7 Å². The normalized spacial score (nSPS) is 18.8. The summed E-state index contributed by atoms with van der Waals surface area (Å²) in [6.07, 6.45) is 3.04. The Morgan fingerprint density at radius 1 is 1.52 bits per heavy atom. The summed E-state index contributed by atoms with van der Waals surface area (Å²) in [5.74, 6) is 2.07. The van der Waals surface area contributed by atoms with Crippen LogP contribution in [0.25, 0.3) is 0 Å². The van der Waals surface area contributed by atoms with E-state index in [2.05, 4.69) is 20.4 Å². The van der Waals surface area contributed by atoms with E-state index >= 15 is 0 Å². The number of rotatable bonds is 6. The fourth-order valence-electron chi connectivity index (χ4n) is 1.95. The Balaban J connectivity index is 0.00000220. The lowest BCUT2D eigenvalue weighted by Gasteiger charge is -2.07. The largest absolute Gasteiger partial charge is 0.376 e. The maximum atomic E-state index is 5.79. The minimum atomic E-state index is 0. The number of halogens is 1. The number of nitrogens with two attached hydrogens (primary N) is 1. The van der Waals surface area contributed by atoms with Gasteiger partial charge in [-0.1, -0.05) is 19.0 Å². The summed E-state index contributed by atoms with van der Waals surface area (Å²) in [6.45, 7) is 6.14. The quantitative estimate of drug-likeness (QED) is 0.419. The highest BCUT2D eigenvalue weighted by atomic mass is 127. The molecule has 2 heterocycles. The number of hydrogen-bond donors (Lipinski definition) is 2. The van der Waals surface area contributed by atoms with Crippen LogP contribution in [0.2, 0.25) is 0 Å². The molecule has 1 aliphatic rings. The Hall–Kier alpha value is -0.900. The smallest absolute Gasteiger partial charge is 0.228 e. The minimum absolute atomic E-state index is 0. The van der Waals surface area contributed by atoms with Gasteiger partial charge in [0.15, 0.2) is 11.8 Å². The standard InChI is InChI=1S/C13H23N5O2.HI/c1-9(2)12-17-11(20-18-12)5-6-15-13(14)16-8-10-4-3-7-19-10;/h9-10H,3-8H2,1-2H3,(H3,14,15,16);1H. The molecule has 0 amide bonds. The van der Waals surface area contributed by atoms with E-state index in [9.17, 15) is 0 Å². The molecule has 21 heavy (non-hydrogen) atoms. The first-order valence-electron chi connectivity index (χ1n) is 7.13. The van der Waals surface area contributed by atoms with Gasteiger partial charge in [0, 0.05) is 25.5 Å². The first kappa shape index (κ1) is 18.1. The SMILES string of the molecule is CC(C)c1noc(CCNC(N)=NCC2CCCO2)n1.I. The minimum Gasteiger partial charge on any atom is -0.376 e. The van der Waals surface area contributed by atoms with Gasteiger partial charge in [-0.2, -0.15) is 4.98 Å². The number of aromatic nitrogens is 2. The van der Waals surface area contributed by atoms with Crippen molar-refractivity contribution in [1.29, 1.82) is 0 Å². The number of guanidine groups is 1. The van der Waals surface area contributed by atoms with Crippen LogP contribution in [0.1, 0.15) is 44.3 Å². The van der Waals surface area contributed by atoms with Crippen molar-refractivity contribution in [2.45, 2.75) is 45.1 Å². The molecule has 1 aliphatic heterocycles. The third kappa shape index (κ3) is 6.16. The molecule has 2 rings (SSSR count). The molecule has 0 aromatic carbocycles. The molecule has 0 spiro atoms. The zero-order chi connectivity index (χ0) is 14.4. The molecular formula is C13H24IN5O2. The van der Waals surface area contributed by atoms with E-state index in [-0.39, 0.29) is 36.0 Å². The Morgan fingerprint density at radius 3 is 2.95 bits per heavy atom. The molecular weight excluding hydrogens is 385 g/mol. The molecule has 1 saturated heterocycles. The van der Waals surface area contributed by atoms with Crippen LogP contribution in [-0.4, -0.2) is 41.9 Å². The van der Waals surface area contributed by atoms with Gasteiger partial charge in [-0.3, -0.25) is 4.99 Å². The van der Waals surface area contributed by atoms with Gasteiger partial charge in [0.05, 0.1) is 12.6 Å². The summed E-state index contributed by atoms with van der Waals surface area (Å²) in [5, 5.41) is 6.95. The molecule has 1 unspecified atom stereocenters. The van der Waals surface area contributed by atoms with E-state index in [4.69, 9.17) is 15.0 Å². The third-order valence-electron chi connectivity index (χ3n) is 3.13. The van der Waals surface area contributed by atoms with E-state index in [0.717, 1.165) is 25.3 Å². The second-order valence-corrected chi connectivity index (χ2v) is 5.24. The molecule has 0 aliphatic carbocycles. The lowest BCUT2D eigenvalue weighted by Crippen LogP contribution is -2.34. The van der Waals surface area contributed by atoms with Gasteiger partial charge >= 0.3 is 0 Å². The number of ether oxygens (including phenoxy) is 1. The maximum absolute atomic E-state index is 5.79. The van der Waals surface area contributed by atoms with E-state index in [1.807, 2.05) is 13.8 Å². The number of nitrogens with zero attached hydrogens (tertiary/aromatic N) is 3. The van der Waals surface area contributed by atoms with Crippen LogP contribution in [0.4, 0.5) is 0 Å². The summed E-state index contributed by atoms with van der Waals surface area (Å²) in [7, 11) is 0. The van der Waals surface area contributed by atoms with Crippen molar-refractivity contribution < 1.29 is 9.26 Å². The second kappa shape index (κ2) is 9.19. The number of hydrogen-bond acceptors (Lipinski definition) is 5. The van der Waals surface area contributed by atoms with Gasteiger partial charge in [0.25, 0.3) is 0 Å². The Bertz CT molecular complexity index is 444. The first-order chi connectivity index (χ1) is 9.65. The molecule has 120 valence electrons. The second-order valence-electron chi connectivity index (χ2n) is 5.24. The van der Waals surface area contributed by atoms with Crippen LogP contribution in [0.15, 0.2) is 9.52 Å². The number of nitrogens with one attached hydrogen (secondary N) is 1. The zero-order valence-electron chi connectivity index (χ0n) is 12.5. The van der Waals surface area contributed by atoms with Gasteiger partial charge in [-0.15, -0.1) is 24.0 Å². The summed E-state index contributed by atoms with van der Waals surface area (Å²) in [5.41, 5.74) is 5.79. The molecule has 0 saturated carbocycles. The molecule has 7 nitrogen and oxygen atoms in total. The van der Waals surface area contributed by atoms with E-state index in [0.29, 0.717) is 31.4 Å². The van der Waals surface area contributed by atoms with Crippen molar-refractivity contribution in [2.24, 2.45) is 10.7 Å². The summed E-state index contributed by atoms with van der Waals surface area (Å²) < 4.78 is 10.6. The van der Waals surface area contributed by atoms with Crippen LogP contribution in [-0.2, 0) is 11.2 Å². The lowest BCUT2D eigenvalue weighted by molar-refractivity contribution is 0.118. The fourth-order valence-corrected chi connectivity index (χ4v) is 1.95. The Labute approximate surface area is 142 Å². The fraction of sp³-hybridized carbons (Fsp3) is 0.769. The van der Waals surface area contributed by atoms with Gasteiger partial charge in [-0.05, 0) is 12.8 Å². The highest BCUT2D eigenvalue weighted by Gasteiger charge is 2.14. The van der Waals surface area contributed by atoms with E-state index < -0.39 is 0 Å². The highest BCUT2D eigenvalue weighted by Crippen LogP contribution is 2.11. The van der Waals surface area contributed by atoms with E-state index in [1.165, 1.54) is 0 Å². The summed E-state index contributed by atoms with van der Waals surface area (Å²) in [6, 6.07) is 0. The van der Waals surface area contributed by atoms with Gasteiger partial charge in [0.2, 0.25) is 5.89 Å². The summed E-state index contributed by atoms with van der Waals surface area (Å²) >= 11 is 0.